The number of benzene rings is 2. The van der Waals surface area contributed by atoms with Crippen LogP contribution in [0.2, 0.25) is 0 Å². The normalized spacial score (nSPS) is 11.1. The number of anilines is 1. The summed E-state index contributed by atoms with van der Waals surface area (Å²) in [5.74, 6) is -0.686. The van der Waals surface area contributed by atoms with E-state index in [1.807, 2.05) is 30.3 Å². The zero-order valence-corrected chi connectivity index (χ0v) is 12.1. The van der Waals surface area contributed by atoms with E-state index in [1.54, 1.807) is 18.2 Å². The van der Waals surface area contributed by atoms with Gasteiger partial charge in [-0.05, 0) is 35.7 Å². The molecule has 0 bridgehead atoms. The van der Waals surface area contributed by atoms with Crippen molar-refractivity contribution in [2.45, 2.75) is 0 Å². The number of nitrogens with one attached hydrogen (secondary N) is 2. The molecule has 2 N–H and O–H groups in total. The Labute approximate surface area is 128 Å². The molecule has 5 nitrogen and oxygen atoms in total. The van der Waals surface area contributed by atoms with Crippen LogP contribution in [0.15, 0.2) is 57.7 Å². The van der Waals surface area contributed by atoms with Crippen LogP contribution in [0.25, 0.3) is 21.2 Å². The van der Waals surface area contributed by atoms with Gasteiger partial charge in [0.1, 0.15) is 0 Å². The molecule has 0 radical (unpaired) electrons. The number of aromatic nitrogens is 1. The monoisotopic (exact) mass is 310 g/mol. The van der Waals surface area contributed by atoms with Crippen LogP contribution in [-0.4, -0.2) is 10.9 Å². The molecule has 0 aliphatic carbocycles. The lowest BCUT2D eigenvalue weighted by Crippen LogP contribution is -2.09. The fraction of sp³-hybridized carbons (Fsp3) is 0. The second-order valence-electron chi connectivity index (χ2n) is 4.83. The van der Waals surface area contributed by atoms with Crippen LogP contribution in [-0.2, 0) is 0 Å². The van der Waals surface area contributed by atoms with Crippen molar-refractivity contribution >= 4 is 44.1 Å². The average Bonchev–Trinajstić information content (AvgIpc) is 3.08. The smallest absolute Gasteiger partial charge is 0.408 e. The van der Waals surface area contributed by atoms with E-state index < -0.39 is 5.76 Å². The van der Waals surface area contributed by atoms with Gasteiger partial charge in [-0.25, -0.2) is 4.79 Å². The van der Waals surface area contributed by atoms with Crippen LogP contribution in [0.4, 0.5) is 5.69 Å². The van der Waals surface area contributed by atoms with E-state index in [1.165, 1.54) is 11.3 Å². The van der Waals surface area contributed by atoms with E-state index in [2.05, 4.69) is 10.3 Å². The van der Waals surface area contributed by atoms with Crippen LogP contribution < -0.4 is 11.1 Å². The predicted molar refractivity (Wildman–Crippen MR) is 86.6 cm³/mol. The Bertz CT molecular complexity index is 1020. The fourth-order valence-electron chi connectivity index (χ4n) is 2.32. The van der Waals surface area contributed by atoms with Crippen LogP contribution in [0, 0.1) is 0 Å². The highest BCUT2D eigenvalue weighted by Gasteiger charge is 2.11. The number of aromatic amines is 1. The number of oxazole rings is 1. The molecule has 22 heavy (non-hydrogen) atoms. The zero-order valence-electron chi connectivity index (χ0n) is 11.3. The summed E-state index contributed by atoms with van der Waals surface area (Å²) in [4.78, 5) is 26.7. The molecular weight excluding hydrogens is 300 g/mol. The van der Waals surface area contributed by atoms with E-state index in [9.17, 15) is 9.59 Å². The van der Waals surface area contributed by atoms with Gasteiger partial charge < -0.3 is 9.73 Å². The molecule has 0 spiro atoms. The van der Waals surface area contributed by atoms with Gasteiger partial charge in [-0.2, -0.15) is 0 Å². The van der Waals surface area contributed by atoms with Crippen LogP contribution in [0.3, 0.4) is 0 Å². The minimum Gasteiger partial charge on any atom is -0.408 e. The van der Waals surface area contributed by atoms with Crippen molar-refractivity contribution in [1.29, 1.82) is 0 Å². The standard InChI is InChI=1S/C16H10N2O3S/c19-15(14-7-9-3-1-2-4-13(9)22-14)17-10-5-6-12-11(8-10)18-16(20)21-12/h1-8H,(H,17,19)(H,18,20). The number of carbonyl (C=O) groups excluding carboxylic acids is 1. The fourth-order valence-corrected chi connectivity index (χ4v) is 3.27. The molecule has 2 aromatic heterocycles. The number of H-pyrrole nitrogens is 1. The maximum atomic E-state index is 12.3. The molecule has 0 aliphatic heterocycles. The number of thiophene rings is 1. The lowest BCUT2D eigenvalue weighted by atomic mass is 10.2. The molecule has 4 rings (SSSR count). The number of hydrogen-bond acceptors (Lipinski definition) is 4. The van der Waals surface area contributed by atoms with Crippen molar-refractivity contribution in [3.8, 4) is 0 Å². The van der Waals surface area contributed by atoms with Gasteiger partial charge in [0.05, 0.1) is 10.4 Å². The summed E-state index contributed by atoms with van der Waals surface area (Å²) in [6, 6.07) is 14.7. The van der Waals surface area contributed by atoms with E-state index in [0.29, 0.717) is 21.7 Å². The van der Waals surface area contributed by atoms with Gasteiger partial charge in [-0.3, -0.25) is 9.78 Å². The summed E-state index contributed by atoms with van der Waals surface area (Å²) in [7, 11) is 0. The first-order chi connectivity index (χ1) is 10.7. The van der Waals surface area contributed by atoms with Crippen molar-refractivity contribution in [1.82, 2.24) is 4.98 Å². The minimum absolute atomic E-state index is 0.175. The molecule has 4 aromatic rings. The molecule has 2 aromatic carbocycles. The predicted octanol–water partition coefficient (Wildman–Crippen LogP) is 3.59. The summed E-state index contributed by atoms with van der Waals surface area (Å²) < 4.78 is 6.00. The maximum Gasteiger partial charge on any atom is 0.417 e. The topological polar surface area (TPSA) is 75.1 Å². The van der Waals surface area contributed by atoms with Crippen molar-refractivity contribution in [2.75, 3.05) is 5.32 Å². The van der Waals surface area contributed by atoms with E-state index in [0.717, 1.165) is 10.1 Å². The maximum absolute atomic E-state index is 12.3. The zero-order chi connectivity index (χ0) is 15.1. The number of fused-ring (bicyclic) bond motifs is 2. The van der Waals surface area contributed by atoms with Gasteiger partial charge in [0.25, 0.3) is 5.91 Å². The Morgan fingerprint density at radius 3 is 2.86 bits per heavy atom. The number of carbonyl (C=O) groups is 1. The highest BCUT2D eigenvalue weighted by Crippen LogP contribution is 2.26. The molecule has 0 fully saturated rings. The Hall–Kier alpha value is -2.86. The largest absolute Gasteiger partial charge is 0.417 e. The Morgan fingerprint density at radius 2 is 2.00 bits per heavy atom. The van der Waals surface area contributed by atoms with E-state index in [-0.39, 0.29) is 5.91 Å². The van der Waals surface area contributed by atoms with E-state index >= 15 is 0 Å². The molecule has 0 saturated heterocycles. The Balaban J connectivity index is 1.65. The second-order valence-corrected chi connectivity index (χ2v) is 5.91. The van der Waals surface area contributed by atoms with Crippen molar-refractivity contribution < 1.29 is 9.21 Å². The van der Waals surface area contributed by atoms with Gasteiger partial charge in [0.2, 0.25) is 0 Å². The van der Waals surface area contributed by atoms with E-state index in [4.69, 9.17) is 4.42 Å². The molecule has 108 valence electrons. The number of amides is 1. The lowest BCUT2D eigenvalue weighted by Gasteiger charge is -2.02. The molecule has 6 heteroatoms. The van der Waals surface area contributed by atoms with Gasteiger partial charge in [0, 0.05) is 10.4 Å². The molecule has 0 aliphatic rings. The molecule has 2 heterocycles. The highest BCUT2D eigenvalue weighted by atomic mass is 32.1. The van der Waals surface area contributed by atoms with Gasteiger partial charge in [0.15, 0.2) is 5.58 Å². The van der Waals surface area contributed by atoms with Crippen LogP contribution in [0.5, 0.6) is 0 Å². The first-order valence-corrected chi connectivity index (χ1v) is 7.43. The molecule has 1 amide bonds. The van der Waals surface area contributed by atoms with Crippen LogP contribution >= 0.6 is 11.3 Å². The van der Waals surface area contributed by atoms with Crippen molar-refractivity contribution in [3.63, 3.8) is 0 Å². The van der Waals surface area contributed by atoms with Gasteiger partial charge in [-0.1, -0.05) is 18.2 Å². The lowest BCUT2D eigenvalue weighted by molar-refractivity contribution is 0.103. The minimum atomic E-state index is -0.511. The second kappa shape index (κ2) is 4.85. The summed E-state index contributed by atoms with van der Waals surface area (Å²) in [5.41, 5.74) is 1.62. The molecular formula is C16H10N2O3S. The van der Waals surface area contributed by atoms with Crippen LogP contribution in [0.1, 0.15) is 9.67 Å². The number of rotatable bonds is 2. The summed E-state index contributed by atoms with van der Waals surface area (Å²) in [6.45, 7) is 0. The SMILES string of the molecule is O=C(Nc1ccc2oc(=O)[nH]c2c1)c1cc2ccccc2s1. The number of hydrogen-bond donors (Lipinski definition) is 2. The van der Waals surface area contributed by atoms with Crippen molar-refractivity contribution in [2.24, 2.45) is 0 Å². The highest BCUT2D eigenvalue weighted by molar-refractivity contribution is 7.20. The third-order valence-corrected chi connectivity index (χ3v) is 4.44. The molecule has 0 unspecified atom stereocenters. The van der Waals surface area contributed by atoms with Gasteiger partial charge >= 0.3 is 5.76 Å². The summed E-state index contributed by atoms with van der Waals surface area (Å²) >= 11 is 1.44. The third-order valence-electron chi connectivity index (χ3n) is 3.33. The first kappa shape index (κ1) is 12.8. The summed E-state index contributed by atoms with van der Waals surface area (Å²) in [6.07, 6.45) is 0. The first-order valence-electron chi connectivity index (χ1n) is 6.62. The Kier molecular flexibility index (Phi) is 2.83. The Morgan fingerprint density at radius 1 is 1.14 bits per heavy atom. The summed E-state index contributed by atoms with van der Waals surface area (Å²) in [5, 5.41) is 3.88. The molecule has 0 atom stereocenters. The quantitative estimate of drug-likeness (QED) is 0.594. The van der Waals surface area contributed by atoms with Crippen molar-refractivity contribution in [3.05, 3.63) is 64.0 Å². The van der Waals surface area contributed by atoms with Gasteiger partial charge in [-0.15, -0.1) is 11.3 Å². The average molecular weight is 310 g/mol. The third kappa shape index (κ3) is 2.19. The molecule has 0 saturated carbocycles.